The Morgan fingerprint density at radius 3 is 2.67 bits per heavy atom. The second-order valence-corrected chi connectivity index (χ2v) is 3.25. The van der Waals surface area contributed by atoms with Crippen LogP contribution < -0.4 is 0 Å². The summed E-state index contributed by atoms with van der Waals surface area (Å²) in [5, 5.41) is 4.30. The van der Waals surface area contributed by atoms with E-state index in [9.17, 15) is 0 Å². The van der Waals surface area contributed by atoms with E-state index in [4.69, 9.17) is 6.42 Å². The SMILES string of the molecule is C#Cc1cnn(-c2ccccc2)c1CC. The van der Waals surface area contributed by atoms with Crippen molar-refractivity contribution in [2.24, 2.45) is 0 Å². The van der Waals surface area contributed by atoms with Crippen molar-refractivity contribution in [3.05, 3.63) is 47.8 Å². The molecule has 0 unspecified atom stereocenters. The van der Waals surface area contributed by atoms with E-state index in [2.05, 4.69) is 17.9 Å². The fraction of sp³-hybridized carbons (Fsp3) is 0.154. The van der Waals surface area contributed by atoms with Crippen LogP contribution >= 0.6 is 0 Å². The number of terminal acetylenes is 1. The Balaban J connectivity index is 2.55. The van der Waals surface area contributed by atoms with Gasteiger partial charge in [0, 0.05) is 0 Å². The van der Waals surface area contributed by atoms with Gasteiger partial charge in [0.15, 0.2) is 0 Å². The molecule has 0 atom stereocenters. The Kier molecular flexibility index (Phi) is 2.55. The number of nitrogens with zero attached hydrogens (tertiary/aromatic N) is 2. The van der Waals surface area contributed by atoms with E-state index in [0.717, 1.165) is 23.4 Å². The molecular formula is C13H12N2. The first kappa shape index (κ1) is 9.54. The summed E-state index contributed by atoms with van der Waals surface area (Å²) < 4.78 is 1.90. The Morgan fingerprint density at radius 1 is 1.33 bits per heavy atom. The highest BCUT2D eigenvalue weighted by Crippen LogP contribution is 2.14. The molecule has 0 spiro atoms. The molecule has 0 aliphatic carbocycles. The van der Waals surface area contributed by atoms with E-state index < -0.39 is 0 Å². The summed E-state index contributed by atoms with van der Waals surface area (Å²) >= 11 is 0. The summed E-state index contributed by atoms with van der Waals surface area (Å²) in [6.07, 6.45) is 8.04. The third-order valence-corrected chi connectivity index (χ3v) is 2.36. The van der Waals surface area contributed by atoms with Gasteiger partial charge in [-0.25, -0.2) is 4.68 Å². The second-order valence-electron chi connectivity index (χ2n) is 3.25. The maximum atomic E-state index is 5.41. The van der Waals surface area contributed by atoms with Crippen molar-refractivity contribution in [1.82, 2.24) is 9.78 Å². The first-order chi connectivity index (χ1) is 7.36. The zero-order valence-corrected chi connectivity index (χ0v) is 8.64. The molecule has 2 rings (SSSR count). The predicted molar refractivity (Wildman–Crippen MR) is 60.9 cm³/mol. The lowest BCUT2D eigenvalue weighted by Gasteiger charge is -2.05. The van der Waals surface area contributed by atoms with Gasteiger partial charge < -0.3 is 0 Å². The van der Waals surface area contributed by atoms with Crippen LogP contribution in [0.15, 0.2) is 36.5 Å². The van der Waals surface area contributed by atoms with Crippen LogP contribution in [0.5, 0.6) is 0 Å². The van der Waals surface area contributed by atoms with E-state index in [1.807, 2.05) is 35.0 Å². The highest BCUT2D eigenvalue weighted by molar-refractivity contribution is 5.40. The van der Waals surface area contributed by atoms with Gasteiger partial charge in [0.05, 0.1) is 23.1 Å². The molecule has 1 aromatic carbocycles. The first-order valence-corrected chi connectivity index (χ1v) is 4.95. The third kappa shape index (κ3) is 1.64. The van der Waals surface area contributed by atoms with E-state index in [0.29, 0.717) is 0 Å². The lowest BCUT2D eigenvalue weighted by molar-refractivity contribution is 0.813. The molecule has 1 heterocycles. The number of para-hydroxylation sites is 1. The van der Waals surface area contributed by atoms with Crippen molar-refractivity contribution in [2.75, 3.05) is 0 Å². The molecule has 0 aliphatic heterocycles. The zero-order valence-electron chi connectivity index (χ0n) is 8.64. The Labute approximate surface area is 89.6 Å². The van der Waals surface area contributed by atoms with E-state index in [1.54, 1.807) is 6.20 Å². The monoisotopic (exact) mass is 196 g/mol. The van der Waals surface area contributed by atoms with Crippen LogP contribution in [0.3, 0.4) is 0 Å². The summed E-state index contributed by atoms with van der Waals surface area (Å²) in [7, 11) is 0. The number of benzene rings is 1. The molecule has 74 valence electrons. The molecule has 1 aromatic heterocycles. The summed E-state index contributed by atoms with van der Waals surface area (Å²) in [5.41, 5.74) is 3.01. The average molecular weight is 196 g/mol. The Hall–Kier alpha value is -2.01. The number of hydrogen-bond acceptors (Lipinski definition) is 1. The molecule has 0 saturated carbocycles. The Morgan fingerprint density at radius 2 is 2.07 bits per heavy atom. The summed E-state index contributed by atoms with van der Waals surface area (Å²) in [6, 6.07) is 10.0. The summed E-state index contributed by atoms with van der Waals surface area (Å²) in [6.45, 7) is 2.08. The number of rotatable bonds is 2. The van der Waals surface area contributed by atoms with Crippen LogP contribution in [-0.2, 0) is 6.42 Å². The van der Waals surface area contributed by atoms with E-state index in [-0.39, 0.29) is 0 Å². The zero-order chi connectivity index (χ0) is 10.7. The molecule has 0 amide bonds. The molecule has 0 radical (unpaired) electrons. The van der Waals surface area contributed by atoms with Crippen molar-refractivity contribution in [2.45, 2.75) is 13.3 Å². The van der Waals surface area contributed by atoms with Crippen LogP contribution in [0.4, 0.5) is 0 Å². The van der Waals surface area contributed by atoms with Gasteiger partial charge in [0.1, 0.15) is 0 Å². The number of aromatic nitrogens is 2. The van der Waals surface area contributed by atoms with Gasteiger partial charge in [-0.3, -0.25) is 0 Å². The minimum atomic E-state index is 0.876. The van der Waals surface area contributed by atoms with Crippen molar-refractivity contribution >= 4 is 0 Å². The fourth-order valence-corrected chi connectivity index (χ4v) is 1.63. The minimum absolute atomic E-state index is 0.876. The lowest BCUT2D eigenvalue weighted by atomic mass is 10.2. The Bertz CT molecular complexity index is 489. The van der Waals surface area contributed by atoms with Crippen LogP contribution in [0.25, 0.3) is 5.69 Å². The largest absolute Gasteiger partial charge is 0.237 e. The van der Waals surface area contributed by atoms with Crippen LogP contribution in [0.2, 0.25) is 0 Å². The maximum Gasteiger partial charge on any atom is 0.0659 e. The predicted octanol–water partition coefficient (Wildman–Crippen LogP) is 2.42. The maximum absolute atomic E-state index is 5.41. The topological polar surface area (TPSA) is 17.8 Å². The molecular weight excluding hydrogens is 184 g/mol. The molecule has 0 saturated heterocycles. The molecule has 2 aromatic rings. The molecule has 0 N–H and O–H groups in total. The van der Waals surface area contributed by atoms with Crippen molar-refractivity contribution in [1.29, 1.82) is 0 Å². The van der Waals surface area contributed by atoms with Crippen LogP contribution in [0.1, 0.15) is 18.2 Å². The normalized spacial score (nSPS) is 9.87. The quantitative estimate of drug-likeness (QED) is 0.674. The number of hydrogen-bond donors (Lipinski definition) is 0. The van der Waals surface area contributed by atoms with Crippen molar-refractivity contribution < 1.29 is 0 Å². The average Bonchev–Trinajstić information content (AvgIpc) is 2.72. The third-order valence-electron chi connectivity index (χ3n) is 2.36. The standard InChI is InChI=1S/C13H12N2/c1-3-11-10-14-15(13(11)4-2)12-8-6-5-7-9-12/h1,5-10H,4H2,2H3. The highest BCUT2D eigenvalue weighted by Gasteiger charge is 2.07. The summed E-state index contributed by atoms with van der Waals surface area (Å²) in [5.74, 6) is 2.65. The molecule has 2 heteroatoms. The molecule has 15 heavy (non-hydrogen) atoms. The second kappa shape index (κ2) is 4.02. The van der Waals surface area contributed by atoms with Gasteiger partial charge in [0.25, 0.3) is 0 Å². The van der Waals surface area contributed by atoms with Gasteiger partial charge in [0.2, 0.25) is 0 Å². The van der Waals surface area contributed by atoms with Crippen LogP contribution in [0, 0.1) is 12.3 Å². The molecule has 0 aliphatic rings. The van der Waals surface area contributed by atoms with Gasteiger partial charge in [-0.15, -0.1) is 6.42 Å². The van der Waals surface area contributed by atoms with Gasteiger partial charge in [-0.2, -0.15) is 5.10 Å². The van der Waals surface area contributed by atoms with Gasteiger partial charge in [-0.05, 0) is 18.6 Å². The van der Waals surface area contributed by atoms with Crippen LogP contribution in [-0.4, -0.2) is 9.78 Å². The molecule has 0 bridgehead atoms. The fourth-order valence-electron chi connectivity index (χ4n) is 1.63. The smallest absolute Gasteiger partial charge is 0.0659 e. The van der Waals surface area contributed by atoms with E-state index in [1.165, 1.54) is 0 Å². The highest BCUT2D eigenvalue weighted by atomic mass is 15.3. The molecule has 2 nitrogen and oxygen atoms in total. The minimum Gasteiger partial charge on any atom is -0.237 e. The lowest BCUT2D eigenvalue weighted by Crippen LogP contribution is -2.01. The first-order valence-electron chi connectivity index (χ1n) is 4.95. The van der Waals surface area contributed by atoms with Gasteiger partial charge >= 0.3 is 0 Å². The molecule has 0 fully saturated rings. The van der Waals surface area contributed by atoms with Gasteiger partial charge in [-0.1, -0.05) is 31.0 Å². The van der Waals surface area contributed by atoms with Crippen molar-refractivity contribution in [3.8, 4) is 18.0 Å². The van der Waals surface area contributed by atoms with Crippen molar-refractivity contribution in [3.63, 3.8) is 0 Å². The van der Waals surface area contributed by atoms with E-state index >= 15 is 0 Å². The summed E-state index contributed by atoms with van der Waals surface area (Å²) in [4.78, 5) is 0.